The van der Waals surface area contributed by atoms with Crippen LogP contribution in [0.4, 0.5) is 4.39 Å². The summed E-state index contributed by atoms with van der Waals surface area (Å²) >= 11 is 0. The van der Waals surface area contributed by atoms with Gasteiger partial charge in [-0.05, 0) is 12.1 Å². The molecule has 0 aliphatic heterocycles. The standard InChI is InChI=1S/C10H9FN4O/c1-16-9-3-2-8(10(11)4-9)5-14-15-6-12-13-7-15/h2-7H,1H3/b14-5+. The maximum absolute atomic E-state index is 13.5. The maximum Gasteiger partial charge on any atom is 0.141 e. The van der Waals surface area contributed by atoms with Crippen LogP contribution in [0.25, 0.3) is 0 Å². The van der Waals surface area contributed by atoms with E-state index in [-0.39, 0.29) is 0 Å². The summed E-state index contributed by atoms with van der Waals surface area (Å²) in [6.45, 7) is 0. The zero-order valence-corrected chi connectivity index (χ0v) is 8.54. The van der Waals surface area contributed by atoms with Crippen LogP contribution in [-0.2, 0) is 0 Å². The summed E-state index contributed by atoms with van der Waals surface area (Å²) in [5, 5.41) is 11.1. The molecule has 2 aromatic rings. The smallest absolute Gasteiger partial charge is 0.141 e. The van der Waals surface area contributed by atoms with Gasteiger partial charge >= 0.3 is 0 Å². The molecule has 0 aliphatic carbocycles. The van der Waals surface area contributed by atoms with E-state index in [2.05, 4.69) is 15.3 Å². The summed E-state index contributed by atoms with van der Waals surface area (Å²) in [7, 11) is 1.49. The van der Waals surface area contributed by atoms with E-state index in [1.165, 1.54) is 36.7 Å². The highest BCUT2D eigenvalue weighted by molar-refractivity contribution is 5.80. The molecule has 0 radical (unpaired) electrons. The highest BCUT2D eigenvalue weighted by atomic mass is 19.1. The zero-order valence-electron chi connectivity index (χ0n) is 8.54. The number of ether oxygens (including phenoxy) is 1. The van der Waals surface area contributed by atoms with Crippen molar-refractivity contribution in [1.29, 1.82) is 0 Å². The van der Waals surface area contributed by atoms with Gasteiger partial charge < -0.3 is 4.74 Å². The summed E-state index contributed by atoms with van der Waals surface area (Å²) < 4.78 is 19.7. The lowest BCUT2D eigenvalue weighted by Crippen LogP contribution is -1.92. The van der Waals surface area contributed by atoms with Crippen LogP contribution in [0.2, 0.25) is 0 Å². The fraction of sp³-hybridized carbons (Fsp3) is 0.100. The van der Waals surface area contributed by atoms with Gasteiger partial charge in [0, 0.05) is 11.6 Å². The van der Waals surface area contributed by atoms with Crippen molar-refractivity contribution in [3.05, 3.63) is 42.2 Å². The minimum Gasteiger partial charge on any atom is -0.497 e. The molecule has 0 aliphatic rings. The van der Waals surface area contributed by atoms with E-state index < -0.39 is 5.82 Å². The second-order valence-electron chi connectivity index (χ2n) is 2.97. The van der Waals surface area contributed by atoms with E-state index in [9.17, 15) is 4.39 Å². The number of rotatable bonds is 3. The number of benzene rings is 1. The lowest BCUT2D eigenvalue weighted by atomic mass is 10.2. The van der Waals surface area contributed by atoms with Gasteiger partial charge in [0.15, 0.2) is 0 Å². The average molecular weight is 220 g/mol. The van der Waals surface area contributed by atoms with Crippen molar-refractivity contribution >= 4 is 6.21 Å². The van der Waals surface area contributed by atoms with E-state index in [0.29, 0.717) is 11.3 Å². The number of hydrogen-bond acceptors (Lipinski definition) is 4. The monoisotopic (exact) mass is 220 g/mol. The van der Waals surface area contributed by atoms with Crippen molar-refractivity contribution in [2.45, 2.75) is 0 Å². The first kappa shape index (κ1) is 10.3. The van der Waals surface area contributed by atoms with Gasteiger partial charge in [-0.1, -0.05) is 0 Å². The molecular formula is C10H9FN4O. The molecule has 0 atom stereocenters. The molecule has 0 unspecified atom stereocenters. The number of halogens is 1. The number of nitrogens with zero attached hydrogens (tertiary/aromatic N) is 4. The summed E-state index contributed by atoms with van der Waals surface area (Å²) in [5.41, 5.74) is 0.370. The number of hydrogen-bond donors (Lipinski definition) is 0. The summed E-state index contributed by atoms with van der Waals surface area (Å²) in [6.07, 6.45) is 4.22. The number of methoxy groups -OCH3 is 1. The normalized spacial score (nSPS) is 10.9. The largest absolute Gasteiger partial charge is 0.497 e. The Bertz CT molecular complexity index is 496. The molecule has 0 saturated carbocycles. The first-order valence-electron chi connectivity index (χ1n) is 4.52. The highest BCUT2D eigenvalue weighted by Crippen LogP contribution is 2.14. The minimum absolute atomic E-state index is 0.370. The summed E-state index contributed by atoms with van der Waals surface area (Å²) in [6, 6.07) is 4.55. The zero-order chi connectivity index (χ0) is 11.4. The fourth-order valence-electron chi connectivity index (χ4n) is 1.12. The molecule has 82 valence electrons. The molecule has 1 aromatic heterocycles. The second-order valence-corrected chi connectivity index (χ2v) is 2.97. The van der Waals surface area contributed by atoms with E-state index in [1.54, 1.807) is 12.1 Å². The first-order valence-corrected chi connectivity index (χ1v) is 4.52. The fourth-order valence-corrected chi connectivity index (χ4v) is 1.12. The van der Waals surface area contributed by atoms with Crippen molar-refractivity contribution < 1.29 is 9.13 Å². The van der Waals surface area contributed by atoms with Gasteiger partial charge in [-0.2, -0.15) is 5.10 Å². The third-order valence-corrected chi connectivity index (χ3v) is 1.94. The molecule has 6 heteroatoms. The molecule has 0 N–H and O–H groups in total. The lowest BCUT2D eigenvalue weighted by molar-refractivity contribution is 0.411. The van der Waals surface area contributed by atoms with Crippen LogP contribution in [0, 0.1) is 5.82 Å². The maximum atomic E-state index is 13.5. The van der Waals surface area contributed by atoms with Crippen LogP contribution >= 0.6 is 0 Å². The number of aromatic nitrogens is 3. The average Bonchev–Trinajstić information content (AvgIpc) is 2.80. The summed E-state index contributed by atoms with van der Waals surface area (Å²) in [4.78, 5) is 0. The van der Waals surface area contributed by atoms with E-state index in [1.807, 2.05) is 0 Å². The summed E-state index contributed by atoms with van der Waals surface area (Å²) in [5.74, 6) is 0.0788. The Morgan fingerprint density at radius 2 is 2.12 bits per heavy atom. The second kappa shape index (κ2) is 4.52. The molecule has 5 nitrogen and oxygen atoms in total. The molecule has 1 heterocycles. The SMILES string of the molecule is COc1ccc(/C=N/n2cnnc2)c(F)c1. The van der Waals surface area contributed by atoms with E-state index >= 15 is 0 Å². The third kappa shape index (κ3) is 2.22. The van der Waals surface area contributed by atoms with Crippen molar-refractivity contribution in [2.75, 3.05) is 7.11 Å². The Hall–Kier alpha value is -2.24. The van der Waals surface area contributed by atoms with Gasteiger partial charge in [0.05, 0.1) is 13.3 Å². The third-order valence-electron chi connectivity index (χ3n) is 1.94. The predicted octanol–water partition coefficient (Wildman–Crippen LogP) is 1.31. The van der Waals surface area contributed by atoms with Gasteiger partial charge in [0.2, 0.25) is 0 Å². The van der Waals surface area contributed by atoms with Gasteiger partial charge in [-0.15, -0.1) is 10.2 Å². The van der Waals surface area contributed by atoms with Crippen LogP contribution in [0.15, 0.2) is 36.0 Å². The molecule has 0 amide bonds. The molecule has 2 rings (SSSR count). The van der Waals surface area contributed by atoms with Gasteiger partial charge in [0.25, 0.3) is 0 Å². The Labute approximate surface area is 91.2 Å². The van der Waals surface area contributed by atoms with Crippen LogP contribution in [0.3, 0.4) is 0 Å². The Morgan fingerprint density at radius 3 is 2.75 bits per heavy atom. The Kier molecular flexibility index (Phi) is 2.90. The van der Waals surface area contributed by atoms with Crippen LogP contribution in [0.1, 0.15) is 5.56 Å². The van der Waals surface area contributed by atoms with Crippen molar-refractivity contribution in [1.82, 2.24) is 14.9 Å². The molecule has 0 spiro atoms. The van der Waals surface area contributed by atoms with Gasteiger partial charge in [-0.3, -0.25) is 0 Å². The van der Waals surface area contributed by atoms with Gasteiger partial charge in [0.1, 0.15) is 24.2 Å². The first-order chi connectivity index (χ1) is 7.79. The van der Waals surface area contributed by atoms with E-state index in [0.717, 1.165) is 0 Å². The van der Waals surface area contributed by atoms with Crippen LogP contribution in [-0.4, -0.2) is 28.2 Å². The molecule has 0 fully saturated rings. The molecule has 0 saturated heterocycles. The van der Waals surface area contributed by atoms with Crippen molar-refractivity contribution in [2.24, 2.45) is 5.10 Å². The Balaban J connectivity index is 2.22. The molecule has 16 heavy (non-hydrogen) atoms. The predicted molar refractivity (Wildman–Crippen MR) is 56.0 cm³/mol. The molecule has 0 bridgehead atoms. The van der Waals surface area contributed by atoms with Crippen LogP contribution < -0.4 is 4.74 Å². The quantitative estimate of drug-likeness (QED) is 0.733. The molecular weight excluding hydrogens is 211 g/mol. The van der Waals surface area contributed by atoms with Crippen molar-refractivity contribution in [3.63, 3.8) is 0 Å². The molecule has 1 aromatic carbocycles. The van der Waals surface area contributed by atoms with E-state index in [4.69, 9.17) is 4.74 Å². The topological polar surface area (TPSA) is 52.3 Å². The van der Waals surface area contributed by atoms with Crippen molar-refractivity contribution in [3.8, 4) is 5.75 Å². The lowest BCUT2D eigenvalue weighted by Gasteiger charge is -2.00. The van der Waals surface area contributed by atoms with Crippen LogP contribution in [0.5, 0.6) is 5.75 Å². The Morgan fingerprint density at radius 1 is 1.38 bits per heavy atom. The highest BCUT2D eigenvalue weighted by Gasteiger charge is 2.01. The van der Waals surface area contributed by atoms with Gasteiger partial charge in [-0.25, -0.2) is 9.07 Å². The minimum atomic E-state index is -0.392.